The number of aryl methyl sites for hydroxylation is 1. The van der Waals surface area contributed by atoms with Gasteiger partial charge in [0.25, 0.3) is 5.89 Å². The molecule has 0 spiro atoms. The number of ether oxygens (including phenoxy) is 1. The number of hydrogen-bond donors (Lipinski definition) is 0. The highest BCUT2D eigenvalue weighted by Gasteiger charge is 2.42. The second-order valence-corrected chi connectivity index (χ2v) is 8.09. The Labute approximate surface area is 188 Å². The van der Waals surface area contributed by atoms with Gasteiger partial charge >= 0.3 is 0 Å². The molecule has 0 saturated carbocycles. The summed E-state index contributed by atoms with van der Waals surface area (Å²) in [6, 6.07) is 13.5. The predicted molar refractivity (Wildman–Crippen MR) is 116 cm³/mol. The molecular formula is C22H18Cl2N4O3. The van der Waals surface area contributed by atoms with Crippen molar-refractivity contribution >= 4 is 23.5 Å². The van der Waals surface area contributed by atoms with Crippen LogP contribution in [0.5, 0.6) is 0 Å². The van der Waals surface area contributed by atoms with Gasteiger partial charge in [-0.2, -0.15) is 4.98 Å². The smallest absolute Gasteiger partial charge is 0.259 e. The number of benzene rings is 1. The largest absolute Gasteiger partial charge is 0.374 e. The highest BCUT2D eigenvalue weighted by Crippen LogP contribution is 2.35. The van der Waals surface area contributed by atoms with Crippen LogP contribution in [-0.4, -0.2) is 32.9 Å². The molecule has 9 heteroatoms. The van der Waals surface area contributed by atoms with E-state index in [2.05, 4.69) is 19.7 Å². The summed E-state index contributed by atoms with van der Waals surface area (Å²) < 4.78 is 18.0. The molecule has 0 unspecified atom stereocenters. The van der Waals surface area contributed by atoms with Gasteiger partial charge in [-0.3, -0.25) is 4.29 Å². The normalized spacial score (nSPS) is 15.1. The van der Waals surface area contributed by atoms with Crippen molar-refractivity contribution in [2.24, 2.45) is 0 Å². The fourth-order valence-corrected chi connectivity index (χ4v) is 3.81. The minimum absolute atomic E-state index is 0.435. The monoisotopic (exact) mass is 456 g/mol. The van der Waals surface area contributed by atoms with Crippen molar-refractivity contribution in [2.75, 3.05) is 13.2 Å². The molecule has 0 atom stereocenters. The zero-order valence-electron chi connectivity index (χ0n) is 16.6. The van der Waals surface area contributed by atoms with E-state index in [0.29, 0.717) is 36.6 Å². The zero-order valence-corrected chi connectivity index (χ0v) is 18.1. The number of nitrogens with zero attached hydrogens (tertiary/aromatic N) is 4. The molecule has 1 aromatic carbocycles. The van der Waals surface area contributed by atoms with Crippen LogP contribution in [-0.2, 0) is 21.2 Å². The molecule has 0 amide bonds. The molecule has 0 radical (unpaired) electrons. The number of aromatic nitrogens is 4. The quantitative estimate of drug-likeness (QED) is 0.379. The lowest BCUT2D eigenvalue weighted by Gasteiger charge is -2.38. The number of pyridine rings is 1. The summed E-state index contributed by atoms with van der Waals surface area (Å²) >= 11 is 11.5. The Morgan fingerprint density at radius 3 is 2.58 bits per heavy atom. The molecule has 0 bridgehead atoms. The van der Waals surface area contributed by atoms with Gasteiger partial charge in [-0.1, -0.05) is 47.1 Å². The Hall–Kier alpha value is -2.71. The van der Waals surface area contributed by atoms with Crippen LogP contribution in [0, 0.1) is 6.92 Å². The third kappa shape index (κ3) is 3.85. The standard InChI is InChI=1S/C22H18Cl2N4O3/c1-14-8-17(11-28(14)10-15-2-7-19(23)25-9-15)21-26-20(27-30-21)16-3-5-18(6-4-16)22(31-24)12-29-13-22/h2-9,11H,10,12-13H2,1H3. The van der Waals surface area contributed by atoms with Gasteiger partial charge in [-0.05, 0) is 30.2 Å². The average molecular weight is 457 g/mol. The van der Waals surface area contributed by atoms with Crippen molar-refractivity contribution in [3.05, 3.63) is 76.8 Å². The topological polar surface area (TPSA) is 75.2 Å². The van der Waals surface area contributed by atoms with Gasteiger partial charge in [0.2, 0.25) is 5.82 Å². The fraction of sp³-hybridized carbons (Fsp3) is 0.227. The van der Waals surface area contributed by atoms with Crippen molar-refractivity contribution < 1.29 is 13.5 Å². The first-order valence-electron chi connectivity index (χ1n) is 9.66. The van der Waals surface area contributed by atoms with Crippen LogP contribution in [0.3, 0.4) is 0 Å². The van der Waals surface area contributed by atoms with Crippen LogP contribution < -0.4 is 0 Å². The lowest BCUT2D eigenvalue weighted by molar-refractivity contribution is -0.165. The zero-order chi connectivity index (χ0) is 21.4. The SMILES string of the molecule is Cc1cc(-c2nc(-c3ccc(C4(OCl)COC4)cc3)no2)cn1Cc1ccc(Cl)nc1. The Morgan fingerprint density at radius 1 is 1.13 bits per heavy atom. The van der Waals surface area contributed by atoms with Crippen molar-refractivity contribution in [3.63, 3.8) is 0 Å². The fourth-order valence-electron chi connectivity index (χ4n) is 3.52. The summed E-state index contributed by atoms with van der Waals surface area (Å²) in [6.45, 7) is 3.57. The molecule has 158 valence electrons. The highest BCUT2D eigenvalue weighted by atomic mass is 35.5. The average Bonchev–Trinajstić information content (AvgIpc) is 3.37. The Bertz CT molecular complexity index is 1190. The van der Waals surface area contributed by atoms with Crippen LogP contribution >= 0.6 is 23.5 Å². The van der Waals surface area contributed by atoms with Crippen molar-refractivity contribution in [1.82, 2.24) is 19.7 Å². The highest BCUT2D eigenvalue weighted by molar-refractivity contribution is 6.29. The Kier molecular flexibility index (Phi) is 5.27. The molecule has 4 heterocycles. The summed E-state index contributed by atoms with van der Waals surface area (Å²) in [5, 5.41) is 4.62. The lowest BCUT2D eigenvalue weighted by atomic mass is 9.91. The van der Waals surface area contributed by atoms with Gasteiger partial charge in [0, 0.05) is 30.2 Å². The molecule has 1 fully saturated rings. The summed E-state index contributed by atoms with van der Waals surface area (Å²) in [5.41, 5.74) is 4.19. The maximum Gasteiger partial charge on any atom is 0.259 e. The summed E-state index contributed by atoms with van der Waals surface area (Å²) in [7, 11) is 0. The van der Waals surface area contributed by atoms with E-state index >= 15 is 0 Å². The number of halogens is 2. The van der Waals surface area contributed by atoms with E-state index in [1.165, 1.54) is 0 Å². The maximum absolute atomic E-state index is 5.87. The summed E-state index contributed by atoms with van der Waals surface area (Å²) in [6.07, 6.45) is 3.76. The lowest BCUT2D eigenvalue weighted by Crippen LogP contribution is -2.47. The van der Waals surface area contributed by atoms with Crippen LogP contribution in [0.4, 0.5) is 0 Å². The van der Waals surface area contributed by atoms with Gasteiger partial charge in [-0.15, -0.1) is 0 Å². The Morgan fingerprint density at radius 2 is 1.94 bits per heavy atom. The van der Waals surface area contributed by atoms with Crippen LogP contribution in [0.2, 0.25) is 5.15 Å². The molecule has 0 N–H and O–H groups in total. The third-order valence-corrected chi connectivity index (χ3v) is 5.93. The molecule has 1 aliphatic heterocycles. The summed E-state index contributed by atoms with van der Waals surface area (Å²) in [4.78, 5) is 8.70. The summed E-state index contributed by atoms with van der Waals surface area (Å²) in [5.74, 6) is 0.975. The van der Waals surface area contributed by atoms with Gasteiger partial charge in [0.15, 0.2) is 5.60 Å². The number of hydrogen-bond acceptors (Lipinski definition) is 6. The van der Waals surface area contributed by atoms with E-state index in [-0.39, 0.29) is 0 Å². The first-order chi connectivity index (χ1) is 15.1. The van der Waals surface area contributed by atoms with E-state index in [1.807, 2.05) is 49.5 Å². The molecule has 7 nitrogen and oxygen atoms in total. The second kappa shape index (κ2) is 8.09. The molecule has 4 aromatic rings. The molecular weight excluding hydrogens is 439 g/mol. The first-order valence-corrected chi connectivity index (χ1v) is 10.3. The van der Waals surface area contributed by atoms with E-state index in [1.54, 1.807) is 12.3 Å². The molecule has 3 aromatic heterocycles. The minimum atomic E-state index is -0.581. The molecule has 1 aliphatic rings. The van der Waals surface area contributed by atoms with Crippen LogP contribution in [0.1, 0.15) is 16.8 Å². The van der Waals surface area contributed by atoms with Gasteiger partial charge in [0.05, 0.1) is 30.6 Å². The third-order valence-electron chi connectivity index (χ3n) is 5.41. The maximum atomic E-state index is 5.87. The van der Waals surface area contributed by atoms with Crippen molar-refractivity contribution in [3.8, 4) is 22.8 Å². The van der Waals surface area contributed by atoms with Gasteiger partial charge < -0.3 is 13.8 Å². The van der Waals surface area contributed by atoms with E-state index < -0.39 is 5.60 Å². The molecule has 31 heavy (non-hydrogen) atoms. The van der Waals surface area contributed by atoms with E-state index in [4.69, 9.17) is 37.0 Å². The van der Waals surface area contributed by atoms with Crippen molar-refractivity contribution in [1.29, 1.82) is 0 Å². The predicted octanol–water partition coefficient (Wildman–Crippen LogP) is 5.01. The first kappa shape index (κ1) is 20.2. The van der Waals surface area contributed by atoms with Gasteiger partial charge in [-0.25, -0.2) is 4.98 Å². The molecule has 1 saturated heterocycles. The molecule has 5 rings (SSSR count). The molecule has 0 aliphatic carbocycles. The number of rotatable bonds is 6. The Balaban J connectivity index is 1.35. The van der Waals surface area contributed by atoms with E-state index in [0.717, 1.165) is 27.9 Å². The van der Waals surface area contributed by atoms with Crippen molar-refractivity contribution in [2.45, 2.75) is 19.1 Å². The van der Waals surface area contributed by atoms with Crippen LogP contribution in [0.15, 0.2) is 59.4 Å². The van der Waals surface area contributed by atoms with Gasteiger partial charge in [0.1, 0.15) is 5.15 Å². The van der Waals surface area contributed by atoms with E-state index in [9.17, 15) is 0 Å². The van der Waals surface area contributed by atoms with Crippen LogP contribution in [0.25, 0.3) is 22.8 Å². The second-order valence-electron chi connectivity index (χ2n) is 7.55. The minimum Gasteiger partial charge on any atom is -0.374 e.